The van der Waals surface area contributed by atoms with E-state index in [0.29, 0.717) is 50.3 Å². The van der Waals surface area contributed by atoms with Gasteiger partial charge in [-0.1, -0.05) is 0 Å². The van der Waals surface area contributed by atoms with Gasteiger partial charge in [0.05, 0.1) is 24.1 Å². The Morgan fingerprint density at radius 2 is 1.96 bits per heavy atom. The molecule has 0 aliphatic carbocycles. The lowest BCUT2D eigenvalue weighted by Gasteiger charge is -2.31. The number of piperidine rings is 1. The molecule has 2 saturated heterocycles. The molecule has 1 N–H and O–H groups in total. The molecule has 0 spiro atoms. The molecule has 2 heterocycles. The molecule has 2 aliphatic heterocycles. The van der Waals surface area contributed by atoms with Gasteiger partial charge in [-0.25, -0.2) is 4.79 Å². The van der Waals surface area contributed by atoms with Crippen molar-refractivity contribution in [2.75, 3.05) is 31.1 Å². The van der Waals surface area contributed by atoms with Crippen molar-refractivity contribution in [1.29, 1.82) is 5.26 Å². The van der Waals surface area contributed by atoms with Gasteiger partial charge in [0.25, 0.3) is 0 Å². The second kappa shape index (κ2) is 6.89. The Bertz CT molecular complexity index is 659. The summed E-state index contributed by atoms with van der Waals surface area (Å²) in [6, 6.07) is 8.87. The van der Waals surface area contributed by atoms with Crippen LogP contribution in [0.25, 0.3) is 0 Å². The number of anilines is 1. The van der Waals surface area contributed by atoms with Crippen LogP contribution in [-0.4, -0.2) is 54.4 Å². The molecular formula is C17H19N3O4. The Balaban J connectivity index is 1.55. The minimum atomic E-state index is -0.728. The maximum atomic E-state index is 12.1. The summed E-state index contributed by atoms with van der Waals surface area (Å²) in [4.78, 5) is 26.8. The number of nitrogens with zero attached hydrogens (tertiary/aromatic N) is 3. The number of hydrogen-bond donors (Lipinski definition) is 1. The number of benzene rings is 1. The highest BCUT2D eigenvalue weighted by Crippen LogP contribution is 2.24. The molecule has 1 aromatic carbocycles. The zero-order valence-corrected chi connectivity index (χ0v) is 13.2. The van der Waals surface area contributed by atoms with E-state index in [1.807, 2.05) is 6.07 Å². The highest BCUT2D eigenvalue weighted by molar-refractivity contribution is 5.89. The van der Waals surface area contributed by atoms with E-state index in [1.165, 1.54) is 0 Å². The van der Waals surface area contributed by atoms with Crippen LogP contribution in [0.3, 0.4) is 0 Å². The van der Waals surface area contributed by atoms with Gasteiger partial charge in [-0.3, -0.25) is 14.6 Å². The lowest BCUT2D eigenvalue weighted by atomic mass is 9.97. The average Bonchev–Trinajstić information content (AvgIpc) is 2.95. The van der Waals surface area contributed by atoms with E-state index in [4.69, 9.17) is 15.1 Å². The largest absolute Gasteiger partial charge is 0.481 e. The van der Waals surface area contributed by atoms with Crippen LogP contribution in [0.1, 0.15) is 18.4 Å². The summed E-state index contributed by atoms with van der Waals surface area (Å²) < 4.78 is 5.43. The van der Waals surface area contributed by atoms with Gasteiger partial charge in [0.1, 0.15) is 6.10 Å². The lowest BCUT2D eigenvalue weighted by molar-refractivity contribution is -0.143. The fraction of sp³-hybridized carbons (Fsp3) is 0.471. The van der Waals surface area contributed by atoms with E-state index in [1.54, 1.807) is 29.2 Å². The van der Waals surface area contributed by atoms with E-state index in [-0.39, 0.29) is 18.1 Å². The lowest BCUT2D eigenvalue weighted by Crippen LogP contribution is -2.41. The van der Waals surface area contributed by atoms with Crippen LogP contribution in [0.15, 0.2) is 24.3 Å². The van der Waals surface area contributed by atoms with Crippen molar-refractivity contribution in [1.82, 2.24) is 4.90 Å². The first-order valence-electron chi connectivity index (χ1n) is 8.00. The Morgan fingerprint density at radius 1 is 1.29 bits per heavy atom. The molecule has 126 valence electrons. The van der Waals surface area contributed by atoms with Crippen LogP contribution in [-0.2, 0) is 9.53 Å². The maximum Gasteiger partial charge on any atom is 0.414 e. The molecule has 24 heavy (non-hydrogen) atoms. The molecule has 7 heteroatoms. The monoisotopic (exact) mass is 329 g/mol. The summed E-state index contributed by atoms with van der Waals surface area (Å²) in [5.74, 6) is -0.989. The molecule has 1 aromatic rings. The summed E-state index contributed by atoms with van der Waals surface area (Å²) >= 11 is 0. The number of cyclic esters (lactones) is 1. The number of amides is 1. The molecule has 2 aliphatic rings. The number of carboxylic acid groups (broad SMARTS) is 1. The Hall–Kier alpha value is -2.59. The molecule has 0 radical (unpaired) electrons. The van der Waals surface area contributed by atoms with Crippen molar-refractivity contribution < 1.29 is 19.4 Å². The number of carbonyl (C=O) groups is 2. The van der Waals surface area contributed by atoms with Gasteiger partial charge < -0.3 is 9.84 Å². The number of nitriles is 1. The van der Waals surface area contributed by atoms with Gasteiger partial charge in [-0.05, 0) is 50.2 Å². The van der Waals surface area contributed by atoms with E-state index in [2.05, 4.69) is 4.90 Å². The van der Waals surface area contributed by atoms with Crippen LogP contribution >= 0.6 is 0 Å². The van der Waals surface area contributed by atoms with Crippen molar-refractivity contribution in [3.63, 3.8) is 0 Å². The third kappa shape index (κ3) is 3.49. The third-order valence-electron chi connectivity index (χ3n) is 4.58. The number of ether oxygens (including phenoxy) is 1. The van der Waals surface area contributed by atoms with E-state index >= 15 is 0 Å². The number of carboxylic acids is 1. The second-order valence-electron chi connectivity index (χ2n) is 6.19. The topological polar surface area (TPSA) is 93.9 Å². The smallest absolute Gasteiger partial charge is 0.414 e. The van der Waals surface area contributed by atoms with Crippen LogP contribution in [0, 0.1) is 17.2 Å². The molecular weight excluding hydrogens is 310 g/mol. The third-order valence-corrected chi connectivity index (χ3v) is 4.58. The van der Waals surface area contributed by atoms with E-state index in [0.717, 1.165) is 0 Å². The van der Waals surface area contributed by atoms with Gasteiger partial charge in [0.15, 0.2) is 0 Å². The van der Waals surface area contributed by atoms with Gasteiger partial charge in [-0.2, -0.15) is 5.26 Å². The Kier molecular flexibility index (Phi) is 4.67. The van der Waals surface area contributed by atoms with Crippen molar-refractivity contribution in [2.24, 2.45) is 5.92 Å². The molecule has 3 rings (SSSR count). The highest BCUT2D eigenvalue weighted by Gasteiger charge is 2.34. The Morgan fingerprint density at radius 3 is 2.54 bits per heavy atom. The van der Waals surface area contributed by atoms with E-state index < -0.39 is 5.97 Å². The van der Waals surface area contributed by atoms with Gasteiger partial charge >= 0.3 is 12.1 Å². The SMILES string of the molecule is N#Cc1ccc(N2CC(CN3CCC(C(=O)O)CC3)OC2=O)cc1. The minimum absolute atomic E-state index is 0.227. The van der Waals surface area contributed by atoms with Crippen LogP contribution in [0.2, 0.25) is 0 Å². The first-order valence-corrected chi connectivity index (χ1v) is 8.00. The number of rotatable bonds is 4. The zero-order chi connectivity index (χ0) is 17.1. The molecule has 2 fully saturated rings. The fourth-order valence-corrected chi connectivity index (χ4v) is 3.19. The molecule has 0 saturated carbocycles. The summed E-state index contributed by atoms with van der Waals surface area (Å²) in [7, 11) is 0. The quantitative estimate of drug-likeness (QED) is 0.903. The fourth-order valence-electron chi connectivity index (χ4n) is 3.19. The number of likely N-dealkylation sites (tertiary alicyclic amines) is 1. The van der Waals surface area contributed by atoms with Gasteiger partial charge in [0, 0.05) is 12.2 Å². The van der Waals surface area contributed by atoms with Crippen molar-refractivity contribution in [3.05, 3.63) is 29.8 Å². The molecule has 0 aromatic heterocycles. The second-order valence-corrected chi connectivity index (χ2v) is 6.19. The average molecular weight is 329 g/mol. The molecule has 0 bridgehead atoms. The zero-order valence-electron chi connectivity index (χ0n) is 13.2. The highest BCUT2D eigenvalue weighted by atomic mass is 16.6. The maximum absolute atomic E-state index is 12.1. The predicted molar refractivity (Wildman–Crippen MR) is 85.6 cm³/mol. The predicted octanol–water partition coefficient (Wildman–Crippen LogP) is 1.68. The molecule has 1 amide bonds. The van der Waals surface area contributed by atoms with Crippen molar-refractivity contribution >= 4 is 17.7 Å². The first kappa shape index (κ1) is 16.3. The normalized spacial score (nSPS) is 22.2. The summed E-state index contributed by atoms with van der Waals surface area (Å²) in [6.07, 6.45) is 0.657. The molecule has 7 nitrogen and oxygen atoms in total. The van der Waals surface area contributed by atoms with Crippen LogP contribution in [0.4, 0.5) is 10.5 Å². The van der Waals surface area contributed by atoms with Crippen LogP contribution in [0.5, 0.6) is 0 Å². The van der Waals surface area contributed by atoms with Crippen molar-refractivity contribution in [2.45, 2.75) is 18.9 Å². The standard InChI is InChI=1S/C17H19N3O4/c18-9-12-1-3-14(4-2-12)20-11-15(24-17(20)23)10-19-7-5-13(6-8-19)16(21)22/h1-4,13,15H,5-8,10-11H2,(H,21,22). The van der Waals surface area contributed by atoms with Crippen molar-refractivity contribution in [3.8, 4) is 6.07 Å². The number of carbonyl (C=O) groups excluding carboxylic acids is 1. The first-order chi connectivity index (χ1) is 11.6. The van der Waals surface area contributed by atoms with Gasteiger partial charge in [0.2, 0.25) is 0 Å². The summed E-state index contributed by atoms with van der Waals surface area (Å²) in [6.45, 7) is 2.50. The summed E-state index contributed by atoms with van der Waals surface area (Å²) in [5, 5.41) is 17.9. The number of hydrogen-bond acceptors (Lipinski definition) is 5. The van der Waals surface area contributed by atoms with Crippen LogP contribution < -0.4 is 4.90 Å². The van der Waals surface area contributed by atoms with E-state index in [9.17, 15) is 9.59 Å². The minimum Gasteiger partial charge on any atom is -0.481 e. The summed E-state index contributed by atoms with van der Waals surface area (Å²) in [5.41, 5.74) is 1.26. The Labute approximate surface area is 140 Å². The number of aliphatic carboxylic acids is 1. The molecule has 1 atom stereocenters. The van der Waals surface area contributed by atoms with Gasteiger partial charge in [-0.15, -0.1) is 0 Å². The molecule has 1 unspecified atom stereocenters.